The number of likely N-dealkylation sites (tertiary alicyclic amines) is 1. The van der Waals surface area contributed by atoms with Gasteiger partial charge in [-0.25, -0.2) is 9.78 Å². The van der Waals surface area contributed by atoms with E-state index < -0.39 is 29.6 Å². The number of pyridine rings is 1. The zero-order chi connectivity index (χ0) is 25.8. The van der Waals surface area contributed by atoms with Crippen LogP contribution in [0.5, 0.6) is 0 Å². The molecule has 1 aliphatic rings. The van der Waals surface area contributed by atoms with E-state index in [2.05, 4.69) is 10.3 Å². The third kappa shape index (κ3) is 7.32. The van der Waals surface area contributed by atoms with Crippen LogP contribution in [0.1, 0.15) is 51.5 Å². The lowest BCUT2D eigenvalue weighted by atomic mass is 10.0. The Hall–Kier alpha value is -3.33. The minimum absolute atomic E-state index is 0.0131. The quantitative estimate of drug-likeness (QED) is 0.574. The predicted molar refractivity (Wildman–Crippen MR) is 130 cm³/mol. The van der Waals surface area contributed by atoms with Gasteiger partial charge in [-0.15, -0.1) is 0 Å². The number of hydrogen-bond acceptors (Lipinski definition) is 7. The smallest absolute Gasteiger partial charge is 0.332 e. The van der Waals surface area contributed by atoms with Gasteiger partial charge in [0.15, 0.2) is 5.78 Å². The van der Waals surface area contributed by atoms with Gasteiger partial charge in [-0.3, -0.25) is 14.4 Å². The standard InChI is InChI=1S/C26H33N3O6/c1-16(2)12-20(28-24(32)19-11-10-17-8-6-7-9-18(17)27-19)25(33)29-13-21(30)22(14-29)34-15-23(31)35-26(3,4)5/h6-11,16,20,22H,12-15H2,1-5H3,(H,28,32). The number of carbonyl (C=O) groups is 4. The molecule has 0 bridgehead atoms. The predicted octanol–water partition coefficient (Wildman–Crippen LogP) is 2.52. The Morgan fingerprint density at radius 2 is 1.86 bits per heavy atom. The second kappa shape index (κ2) is 10.9. The first-order valence-corrected chi connectivity index (χ1v) is 11.7. The number of hydrogen-bond donors (Lipinski definition) is 1. The first-order chi connectivity index (χ1) is 16.4. The van der Waals surface area contributed by atoms with Crippen molar-refractivity contribution in [1.82, 2.24) is 15.2 Å². The van der Waals surface area contributed by atoms with E-state index >= 15 is 0 Å². The molecule has 2 atom stereocenters. The fraction of sp³-hybridized carbons (Fsp3) is 0.500. The minimum atomic E-state index is -0.913. The molecule has 1 aromatic carbocycles. The van der Waals surface area contributed by atoms with Crippen LogP contribution >= 0.6 is 0 Å². The lowest BCUT2D eigenvalue weighted by Gasteiger charge is -2.25. The van der Waals surface area contributed by atoms with Gasteiger partial charge in [-0.1, -0.05) is 38.1 Å². The fourth-order valence-corrected chi connectivity index (χ4v) is 3.85. The van der Waals surface area contributed by atoms with Gasteiger partial charge in [-0.05, 0) is 45.2 Å². The Morgan fingerprint density at radius 1 is 1.14 bits per heavy atom. The average molecular weight is 484 g/mol. The number of nitrogens with zero attached hydrogens (tertiary/aromatic N) is 2. The number of rotatable bonds is 8. The molecule has 1 fully saturated rings. The van der Waals surface area contributed by atoms with Crippen molar-refractivity contribution in [1.29, 1.82) is 0 Å². The van der Waals surface area contributed by atoms with Gasteiger partial charge in [0.1, 0.15) is 30.0 Å². The second-order valence-corrected chi connectivity index (χ2v) is 10.1. The topological polar surface area (TPSA) is 115 Å². The number of amides is 2. The largest absolute Gasteiger partial charge is 0.458 e. The lowest BCUT2D eigenvalue weighted by molar-refractivity contribution is -0.162. The maximum atomic E-state index is 13.3. The van der Waals surface area contributed by atoms with Gasteiger partial charge in [-0.2, -0.15) is 0 Å². The van der Waals surface area contributed by atoms with Crippen molar-refractivity contribution in [3.8, 4) is 0 Å². The van der Waals surface area contributed by atoms with Crippen LogP contribution in [-0.4, -0.2) is 70.9 Å². The van der Waals surface area contributed by atoms with Crippen molar-refractivity contribution in [3.63, 3.8) is 0 Å². The molecular formula is C26H33N3O6. The summed E-state index contributed by atoms with van der Waals surface area (Å²) >= 11 is 0. The van der Waals surface area contributed by atoms with Gasteiger partial charge in [0, 0.05) is 5.39 Å². The van der Waals surface area contributed by atoms with E-state index in [1.807, 2.05) is 44.2 Å². The van der Waals surface area contributed by atoms with Crippen LogP contribution in [0.2, 0.25) is 0 Å². The summed E-state index contributed by atoms with van der Waals surface area (Å²) in [5, 5.41) is 3.70. The molecule has 1 aliphatic heterocycles. The van der Waals surface area contributed by atoms with Crippen molar-refractivity contribution >= 4 is 34.5 Å². The van der Waals surface area contributed by atoms with Gasteiger partial charge >= 0.3 is 5.97 Å². The highest BCUT2D eigenvalue weighted by molar-refractivity contribution is 5.99. The van der Waals surface area contributed by atoms with Crippen molar-refractivity contribution in [3.05, 3.63) is 42.1 Å². The number of para-hydroxylation sites is 1. The summed E-state index contributed by atoms with van der Waals surface area (Å²) in [5.41, 5.74) is 0.230. The molecule has 188 valence electrons. The van der Waals surface area contributed by atoms with E-state index in [-0.39, 0.29) is 43.0 Å². The van der Waals surface area contributed by atoms with Crippen LogP contribution in [0, 0.1) is 5.92 Å². The van der Waals surface area contributed by atoms with E-state index in [4.69, 9.17) is 9.47 Å². The van der Waals surface area contributed by atoms with Crippen LogP contribution in [0.4, 0.5) is 0 Å². The molecule has 0 aliphatic carbocycles. The third-order valence-corrected chi connectivity index (χ3v) is 5.37. The van der Waals surface area contributed by atoms with Crippen LogP contribution in [0.3, 0.4) is 0 Å². The monoisotopic (exact) mass is 483 g/mol. The van der Waals surface area contributed by atoms with Crippen LogP contribution in [-0.2, 0) is 23.9 Å². The number of carbonyl (C=O) groups excluding carboxylic acids is 4. The molecule has 1 aromatic heterocycles. The molecule has 1 N–H and O–H groups in total. The molecule has 0 radical (unpaired) electrons. The summed E-state index contributed by atoms with van der Waals surface area (Å²) in [6.45, 7) is 8.60. The molecule has 9 nitrogen and oxygen atoms in total. The van der Waals surface area contributed by atoms with Gasteiger partial charge < -0.3 is 19.7 Å². The molecule has 2 aromatic rings. The van der Waals surface area contributed by atoms with E-state index in [0.29, 0.717) is 11.9 Å². The molecule has 35 heavy (non-hydrogen) atoms. The summed E-state index contributed by atoms with van der Waals surface area (Å²) in [7, 11) is 0. The summed E-state index contributed by atoms with van der Waals surface area (Å²) in [6, 6.07) is 10.1. The zero-order valence-electron chi connectivity index (χ0n) is 20.9. The number of Topliss-reactive ketones (excluding diaryl/α,β-unsaturated/α-hetero) is 1. The minimum Gasteiger partial charge on any atom is -0.458 e. The number of benzene rings is 1. The molecular weight excluding hydrogens is 450 g/mol. The average Bonchev–Trinajstić information content (AvgIpc) is 3.15. The molecule has 0 saturated carbocycles. The first kappa shape index (κ1) is 26.3. The summed E-state index contributed by atoms with van der Waals surface area (Å²) < 4.78 is 10.6. The van der Waals surface area contributed by atoms with Crippen molar-refractivity contribution < 1.29 is 28.7 Å². The summed E-state index contributed by atoms with van der Waals surface area (Å²) in [4.78, 5) is 56.3. The van der Waals surface area contributed by atoms with Crippen molar-refractivity contribution in [2.75, 3.05) is 19.7 Å². The number of ether oxygens (including phenoxy) is 2. The summed E-state index contributed by atoms with van der Waals surface area (Å²) in [6.07, 6.45) is -0.518. The van der Waals surface area contributed by atoms with E-state index in [1.54, 1.807) is 26.8 Å². The number of fused-ring (bicyclic) bond motifs is 1. The Balaban J connectivity index is 1.65. The highest BCUT2D eigenvalue weighted by atomic mass is 16.6. The van der Waals surface area contributed by atoms with Gasteiger partial charge in [0.2, 0.25) is 5.91 Å². The number of nitrogens with one attached hydrogen (secondary N) is 1. The highest BCUT2D eigenvalue weighted by Crippen LogP contribution is 2.17. The van der Waals surface area contributed by atoms with Crippen LogP contribution in [0.25, 0.3) is 10.9 Å². The third-order valence-electron chi connectivity index (χ3n) is 5.37. The Bertz CT molecular complexity index is 1110. The lowest BCUT2D eigenvalue weighted by Crippen LogP contribution is -2.49. The van der Waals surface area contributed by atoms with E-state index in [9.17, 15) is 19.2 Å². The molecule has 1 saturated heterocycles. The second-order valence-electron chi connectivity index (χ2n) is 10.1. The van der Waals surface area contributed by atoms with Crippen LogP contribution in [0.15, 0.2) is 36.4 Å². The number of ketones is 1. The highest BCUT2D eigenvalue weighted by Gasteiger charge is 2.38. The SMILES string of the molecule is CC(C)CC(NC(=O)c1ccc2ccccc2n1)C(=O)N1CC(=O)C(OCC(=O)OC(C)(C)C)C1. The number of aromatic nitrogens is 1. The van der Waals surface area contributed by atoms with Crippen molar-refractivity contribution in [2.45, 2.75) is 58.8 Å². The van der Waals surface area contributed by atoms with Crippen molar-refractivity contribution in [2.24, 2.45) is 5.92 Å². The maximum Gasteiger partial charge on any atom is 0.332 e. The van der Waals surface area contributed by atoms with Crippen LogP contribution < -0.4 is 5.32 Å². The molecule has 0 spiro atoms. The number of esters is 1. The van der Waals surface area contributed by atoms with E-state index in [0.717, 1.165) is 5.39 Å². The van der Waals surface area contributed by atoms with Gasteiger partial charge in [0.25, 0.3) is 5.91 Å². The summed E-state index contributed by atoms with van der Waals surface area (Å²) in [5.74, 6) is -1.59. The first-order valence-electron chi connectivity index (χ1n) is 11.7. The maximum absolute atomic E-state index is 13.3. The zero-order valence-corrected chi connectivity index (χ0v) is 20.9. The Morgan fingerprint density at radius 3 is 2.54 bits per heavy atom. The van der Waals surface area contributed by atoms with Gasteiger partial charge in [0.05, 0.1) is 18.6 Å². The molecule has 3 rings (SSSR count). The molecule has 2 amide bonds. The Kier molecular flexibility index (Phi) is 8.22. The Labute approximate surface area is 205 Å². The molecule has 9 heteroatoms. The normalized spacial score (nSPS) is 17.0. The van der Waals surface area contributed by atoms with E-state index in [1.165, 1.54) is 4.90 Å². The molecule has 2 unspecified atom stereocenters. The molecule has 2 heterocycles. The fourth-order valence-electron chi connectivity index (χ4n) is 3.85.